The maximum Gasteiger partial charge on any atom is 0.247 e. The van der Waals surface area contributed by atoms with Gasteiger partial charge in [0.1, 0.15) is 5.54 Å². The van der Waals surface area contributed by atoms with E-state index >= 15 is 0 Å². The minimum Gasteiger partial charge on any atom is -0.350 e. The number of hydrogen-bond acceptors (Lipinski definition) is 4. The highest BCUT2D eigenvalue weighted by Gasteiger charge is 2.51. The number of amides is 2. The van der Waals surface area contributed by atoms with Gasteiger partial charge in [0, 0.05) is 18.8 Å². The Balaban J connectivity index is 1.70. The molecule has 3 aromatic carbocycles. The van der Waals surface area contributed by atoms with Crippen molar-refractivity contribution < 1.29 is 18.0 Å². The maximum atomic E-state index is 13.6. The van der Waals surface area contributed by atoms with Crippen LogP contribution in [0.1, 0.15) is 18.1 Å². The number of aryl methyl sites for hydroxylation is 1. The Labute approximate surface area is 200 Å². The van der Waals surface area contributed by atoms with Crippen molar-refractivity contribution in [1.82, 2.24) is 9.62 Å². The molecule has 4 rings (SSSR count). The molecule has 34 heavy (non-hydrogen) atoms. The number of carbonyl (C=O) groups excluding carboxylic acids is 2. The van der Waals surface area contributed by atoms with Crippen molar-refractivity contribution in [2.75, 3.05) is 18.0 Å². The van der Waals surface area contributed by atoms with E-state index in [4.69, 9.17) is 0 Å². The molecule has 8 heteroatoms. The van der Waals surface area contributed by atoms with E-state index < -0.39 is 27.4 Å². The third kappa shape index (κ3) is 4.60. The van der Waals surface area contributed by atoms with Gasteiger partial charge in [-0.3, -0.25) is 14.5 Å². The molecule has 1 heterocycles. The van der Waals surface area contributed by atoms with Gasteiger partial charge < -0.3 is 5.32 Å². The molecule has 1 aliphatic rings. The van der Waals surface area contributed by atoms with Crippen LogP contribution in [0.25, 0.3) is 0 Å². The zero-order valence-corrected chi connectivity index (χ0v) is 20.0. The smallest absolute Gasteiger partial charge is 0.247 e. The lowest BCUT2D eigenvalue weighted by Crippen LogP contribution is -2.70. The van der Waals surface area contributed by atoms with E-state index in [0.717, 1.165) is 15.4 Å². The highest BCUT2D eigenvalue weighted by atomic mass is 32.2. The van der Waals surface area contributed by atoms with Crippen LogP contribution in [-0.4, -0.2) is 43.2 Å². The quantitative estimate of drug-likeness (QED) is 0.591. The summed E-state index contributed by atoms with van der Waals surface area (Å²) in [5.41, 5.74) is 1.000. The van der Waals surface area contributed by atoms with Gasteiger partial charge in [0.2, 0.25) is 21.8 Å². The molecule has 0 spiro atoms. The normalized spacial score (nSPS) is 19.1. The number of anilines is 1. The minimum absolute atomic E-state index is 0.0821. The average molecular weight is 478 g/mol. The predicted molar refractivity (Wildman–Crippen MR) is 131 cm³/mol. The number of sulfonamides is 1. The summed E-state index contributed by atoms with van der Waals surface area (Å²) in [6, 6.07) is 24.6. The first-order chi connectivity index (χ1) is 16.2. The SMILES string of the molecule is Cc1ccc(N2C(=O)CN(S(=O)(=O)c3ccccc3)C[C@@]2(C)C(=O)NCc2ccccc2)cc1. The number of nitrogens with zero attached hydrogens (tertiary/aromatic N) is 2. The Hall–Kier alpha value is -3.49. The van der Waals surface area contributed by atoms with E-state index in [1.165, 1.54) is 17.0 Å². The summed E-state index contributed by atoms with van der Waals surface area (Å²) >= 11 is 0. The minimum atomic E-state index is -3.97. The standard InChI is InChI=1S/C26H27N3O4S/c1-20-13-15-22(16-14-20)29-24(30)18-28(34(32,33)23-11-7-4-8-12-23)19-26(29,2)25(31)27-17-21-9-5-3-6-10-21/h3-16H,17-19H2,1-2H3,(H,27,31)/t26-/m0/s1. The topological polar surface area (TPSA) is 86.8 Å². The van der Waals surface area contributed by atoms with E-state index in [1.54, 1.807) is 37.3 Å². The highest BCUT2D eigenvalue weighted by Crippen LogP contribution is 2.32. The van der Waals surface area contributed by atoms with Crippen LogP contribution in [0.3, 0.4) is 0 Å². The van der Waals surface area contributed by atoms with Crippen molar-refractivity contribution in [2.45, 2.75) is 30.8 Å². The largest absolute Gasteiger partial charge is 0.350 e. The van der Waals surface area contributed by atoms with Crippen LogP contribution in [0.15, 0.2) is 89.8 Å². The Morgan fingerprint density at radius 3 is 2.15 bits per heavy atom. The second kappa shape index (κ2) is 9.40. The Morgan fingerprint density at radius 2 is 1.53 bits per heavy atom. The number of rotatable bonds is 6. The molecule has 0 bridgehead atoms. The van der Waals surface area contributed by atoms with E-state index in [2.05, 4.69) is 5.32 Å². The summed E-state index contributed by atoms with van der Waals surface area (Å²) in [7, 11) is -3.97. The lowest BCUT2D eigenvalue weighted by molar-refractivity contribution is -0.133. The van der Waals surface area contributed by atoms with Gasteiger partial charge in [-0.05, 0) is 43.7 Å². The molecule has 1 N–H and O–H groups in total. The molecular formula is C26H27N3O4S. The summed E-state index contributed by atoms with van der Waals surface area (Å²) in [5.74, 6) is -0.898. The molecule has 0 unspecified atom stereocenters. The zero-order chi connectivity index (χ0) is 24.3. The number of nitrogens with one attached hydrogen (secondary N) is 1. The Morgan fingerprint density at radius 1 is 0.941 bits per heavy atom. The summed E-state index contributed by atoms with van der Waals surface area (Å²) < 4.78 is 27.8. The summed E-state index contributed by atoms with van der Waals surface area (Å²) in [4.78, 5) is 28.5. The fourth-order valence-corrected chi connectivity index (χ4v) is 5.64. The average Bonchev–Trinajstić information content (AvgIpc) is 2.84. The summed E-state index contributed by atoms with van der Waals surface area (Å²) in [6.07, 6.45) is 0. The van der Waals surface area contributed by atoms with Gasteiger partial charge in [-0.2, -0.15) is 4.31 Å². The van der Waals surface area contributed by atoms with Gasteiger partial charge in [0.15, 0.2) is 0 Å². The zero-order valence-electron chi connectivity index (χ0n) is 19.1. The molecule has 1 saturated heterocycles. The van der Waals surface area contributed by atoms with Crippen molar-refractivity contribution >= 4 is 27.5 Å². The van der Waals surface area contributed by atoms with E-state index in [1.807, 2.05) is 49.4 Å². The molecular weight excluding hydrogens is 450 g/mol. The van der Waals surface area contributed by atoms with Crippen LogP contribution in [0.2, 0.25) is 0 Å². The lowest BCUT2D eigenvalue weighted by atomic mass is 9.94. The molecule has 2 amide bonds. The van der Waals surface area contributed by atoms with Crippen LogP contribution >= 0.6 is 0 Å². The second-order valence-corrected chi connectivity index (χ2v) is 10.5. The first-order valence-corrected chi connectivity index (χ1v) is 12.4. The maximum absolute atomic E-state index is 13.6. The van der Waals surface area contributed by atoms with Gasteiger partial charge in [-0.15, -0.1) is 0 Å². The van der Waals surface area contributed by atoms with E-state index in [9.17, 15) is 18.0 Å². The second-order valence-electron chi connectivity index (χ2n) is 8.59. The molecule has 0 aromatic heterocycles. The van der Waals surface area contributed by atoms with Crippen molar-refractivity contribution in [3.63, 3.8) is 0 Å². The van der Waals surface area contributed by atoms with Gasteiger partial charge in [0.25, 0.3) is 0 Å². The van der Waals surface area contributed by atoms with E-state index in [-0.39, 0.29) is 24.5 Å². The fraction of sp³-hybridized carbons (Fsp3) is 0.231. The van der Waals surface area contributed by atoms with Gasteiger partial charge >= 0.3 is 0 Å². The van der Waals surface area contributed by atoms with Crippen LogP contribution in [0.4, 0.5) is 5.69 Å². The third-order valence-corrected chi connectivity index (χ3v) is 7.80. The predicted octanol–water partition coefficient (Wildman–Crippen LogP) is 3.11. The number of hydrogen-bond donors (Lipinski definition) is 1. The Kier molecular flexibility index (Phi) is 6.54. The molecule has 1 aliphatic heterocycles. The lowest BCUT2D eigenvalue weighted by Gasteiger charge is -2.46. The summed E-state index contributed by atoms with van der Waals surface area (Å²) in [5, 5.41) is 2.90. The molecule has 3 aromatic rings. The van der Waals surface area contributed by atoms with Crippen molar-refractivity contribution in [3.8, 4) is 0 Å². The monoisotopic (exact) mass is 477 g/mol. The van der Waals surface area contributed by atoms with Crippen LogP contribution in [0, 0.1) is 6.92 Å². The number of benzene rings is 3. The van der Waals surface area contributed by atoms with Gasteiger partial charge in [0.05, 0.1) is 11.4 Å². The van der Waals surface area contributed by atoms with Crippen molar-refractivity contribution in [2.24, 2.45) is 0 Å². The molecule has 0 radical (unpaired) electrons. The number of piperazine rings is 1. The third-order valence-electron chi connectivity index (χ3n) is 6.00. The van der Waals surface area contributed by atoms with Crippen molar-refractivity contribution in [3.05, 3.63) is 96.1 Å². The molecule has 7 nitrogen and oxygen atoms in total. The Bertz CT molecular complexity index is 1280. The first-order valence-electron chi connectivity index (χ1n) is 11.0. The van der Waals surface area contributed by atoms with Crippen LogP contribution in [-0.2, 0) is 26.2 Å². The summed E-state index contributed by atoms with van der Waals surface area (Å²) in [6.45, 7) is 3.27. The van der Waals surface area contributed by atoms with E-state index in [0.29, 0.717) is 5.69 Å². The fourth-order valence-electron chi connectivity index (χ4n) is 4.14. The molecule has 1 fully saturated rings. The molecule has 176 valence electrons. The van der Waals surface area contributed by atoms with Crippen LogP contribution in [0.5, 0.6) is 0 Å². The highest BCUT2D eigenvalue weighted by molar-refractivity contribution is 7.89. The molecule has 1 atom stereocenters. The number of carbonyl (C=O) groups is 2. The molecule has 0 aliphatic carbocycles. The van der Waals surface area contributed by atoms with Crippen LogP contribution < -0.4 is 10.2 Å². The first kappa shape index (κ1) is 23.7. The molecule has 0 saturated carbocycles. The van der Waals surface area contributed by atoms with Crippen molar-refractivity contribution in [1.29, 1.82) is 0 Å². The van der Waals surface area contributed by atoms with Gasteiger partial charge in [-0.25, -0.2) is 8.42 Å². The van der Waals surface area contributed by atoms with Gasteiger partial charge in [-0.1, -0.05) is 66.2 Å².